The summed E-state index contributed by atoms with van der Waals surface area (Å²) in [6.45, 7) is 7.55. The lowest BCUT2D eigenvalue weighted by molar-refractivity contribution is 0.359. The fourth-order valence-electron chi connectivity index (χ4n) is 3.24. The Balaban J connectivity index is 1.89. The number of nitrogens with one attached hydrogen (secondary N) is 3. The maximum absolute atomic E-state index is 3.77. The second-order valence-electron chi connectivity index (χ2n) is 7.39. The highest BCUT2D eigenvalue weighted by Gasteiger charge is 2.15. The van der Waals surface area contributed by atoms with Crippen molar-refractivity contribution in [3.05, 3.63) is 71.8 Å². The summed E-state index contributed by atoms with van der Waals surface area (Å²) >= 11 is 0. The van der Waals surface area contributed by atoms with Crippen LogP contribution in [0.3, 0.4) is 0 Å². The molecule has 0 fully saturated rings. The van der Waals surface area contributed by atoms with Crippen LogP contribution in [0.1, 0.15) is 25.0 Å². The molecule has 0 heterocycles. The topological polar surface area (TPSA) is 36.1 Å². The Morgan fingerprint density at radius 3 is 1.96 bits per heavy atom. The summed E-state index contributed by atoms with van der Waals surface area (Å²) in [4.78, 5) is 0. The highest BCUT2D eigenvalue weighted by atomic mass is 15.0. The summed E-state index contributed by atoms with van der Waals surface area (Å²) in [5, 5.41) is 10.8. The molecule has 0 amide bonds. The summed E-state index contributed by atoms with van der Waals surface area (Å²) in [5.74, 6) is 0.615. The Morgan fingerprint density at radius 1 is 0.769 bits per heavy atom. The minimum atomic E-state index is 0.430. The van der Waals surface area contributed by atoms with E-state index in [0.29, 0.717) is 18.0 Å². The second kappa shape index (κ2) is 11.8. The van der Waals surface area contributed by atoms with E-state index < -0.39 is 0 Å². The maximum Gasteiger partial charge on any atom is 0.0233 e. The van der Waals surface area contributed by atoms with Crippen LogP contribution >= 0.6 is 0 Å². The molecular weight excluding hydrogens is 318 g/mol. The van der Waals surface area contributed by atoms with Gasteiger partial charge in [0.15, 0.2) is 0 Å². The molecule has 2 rings (SSSR count). The van der Waals surface area contributed by atoms with Crippen molar-refractivity contribution in [3.8, 4) is 0 Å². The number of hydrogen-bond acceptors (Lipinski definition) is 3. The first kappa shape index (κ1) is 20.6. The molecule has 2 atom stereocenters. The van der Waals surface area contributed by atoms with E-state index in [1.165, 1.54) is 11.1 Å². The molecule has 0 aliphatic rings. The van der Waals surface area contributed by atoms with E-state index in [-0.39, 0.29) is 0 Å². The van der Waals surface area contributed by atoms with Crippen molar-refractivity contribution in [2.24, 2.45) is 5.92 Å². The smallest absolute Gasteiger partial charge is 0.0233 e. The van der Waals surface area contributed by atoms with E-state index in [2.05, 4.69) is 90.5 Å². The number of benzene rings is 2. The fourth-order valence-corrected chi connectivity index (χ4v) is 3.24. The molecule has 3 N–H and O–H groups in total. The van der Waals surface area contributed by atoms with Crippen LogP contribution in [0.5, 0.6) is 0 Å². The van der Waals surface area contributed by atoms with Crippen molar-refractivity contribution in [1.82, 2.24) is 16.0 Å². The van der Waals surface area contributed by atoms with Crippen molar-refractivity contribution in [1.29, 1.82) is 0 Å². The lowest BCUT2D eigenvalue weighted by Gasteiger charge is -2.26. The SMILES string of the molecule is CNC[C@@H](NC[C@H](Cc1ccccc1)NCCc1ccccc1)C(C)C. The monoisotopic (exact) mass is 353 g/mol. The lowest BCUT2D eigenvalue weighted by atomic mass is 10.0. The van der Waals surface area contributed by atoms with Crippen molar-refractivity contribution < 1.29 is 0 Å². The van der Waals surface area contributed by atoms with Crippen LogP contribution in [0.25, 0.3) is 0 Å². The minimum absolute atomic E-state index is 0.430. The molecule has 0 aliphatic heterocycles. The highest BCUT2D eigenvalue weighted by Crippen LogP contribution is 2.06. The van der Waals surface area contributed by atoms with Crippen molar-refractivity contribution in [2.75, 3.05) is 26.7 Å². The Kier molecular flexibility index (Phi) is 9.40. The average Bonchev–Trinajstić information content (AvgIpc) is 2.66. The predicted molar refractivity (Wildman–Crippen MR) is 113 cm³/mol. The fraction of sp³-hybridized carbons (Fsp3) is 0.478. The molecule has 0 aromatic heterocycles. The van der Waals surface area contributed by atoms with Gasteiger partial charge in [-0.2, -0.15) is 0 Å². The minimum Gasteiger partial charge on any atom is -0.318 e. The number of rotatable bonds is 12. The van der Waals surface area contributed by atoms with E-state index in [4.69, 9.17) is 0 Å². The van der Waals surface area contributed by atoms with Crippen molar-refractivity contribution in [3.63, 3.8) is 0 Å². The molecule has 3 heteroatoms. The van der Waals surface area contributed by atoms with Gasteiger partial charge in [-0.1, -0.05) is 74.5 Å². The largest absolute Gasteiger partial charge is 0.318 e. The van der Waals surface area contributed by atoms with Gasteiger partial charge in [0.1, 0.15) is 0 Å². The molecule has 0 spiro atoms. The van der Waals surface area contributed by atoms with E-state index in [1.807, 2.05) is 7.05 Å². The van der Waals surface area contributed by atoms with Crippen LogP contribution in [0.4, 0.5) is 0 Å². The Labute approximate surface area is 159 Å². The van der Waals surface area contributed by atoms with Gasteiger partial charge in [0.2, 0.25) is 0 Å². The van der Waals surface area contributed by atoms with Crippen LogP contribution in [0.15, 0.2) is 60.7 Å². The number of hydrogen-bond donors (Lipinski definition) is 3. The third kappa shape index (κ3) is 7.69. The molecule has 0 saturated carbocycles. The van der Waals surface area contributed by atoms with Crippen molar-refractivity contribution in [2.45, 2.75) is 38.8 Å². The van der Waals surface area contributed by atoms with Gasteiger partial charge < -0.3 is 16.0 Å². The predicted octanol–water partition coefficient (Wildman–Crippen LogP) is 3.26. The van der Waals surface area contributed by atoms with Gasteiger partial charge in [0.05, 0.1) is 0 Å². The van der Waals surface area contributed by atoms with E-state index in [0.717, 1.165) is 32.5 Å². The van der Waals surface area contributed by atoms with Gasteiger partial charge >= 0.3 is 0 Å². The van der Waals surface area contributed by atoms with Gasteiger partial charge in [-0.05, 0) is 43.5 Å². The van der Waals surface area contributed by atoms with E-state index >= 15 is 0 Å². The first-order chi connectivity index (χ1) is 12.7. The molecule has 0 bridgehead atoms. The van der Waals surface area contributed by atoms with Crippen LogP contribution in [-0.4, -0.2) is 38.8 Å². The molecule has 2 aromatic rings. The molecule has 0 aliphatic carbocycles. The zero-order chi connectivity index (χ0) is 18.6. The van der Waals surface area contributed by atoms with Gasteiger partial charge in [-0.15, -0.1) is 0 Å². The van der Waals surface area contributed by atoms with Crippen molar-refractivity contribution >= 4 is 0 Å². The molecule has 0 unspecified atom stereocenters. The van der Waals surface area contributed by atoms with Gasteiger partial charge in [0, 0.05) is 25.2 Å². The number of likely N-dealkylation sites (N-methyl/N-ethyl adjacent to an activating group) is 1. The van der Waals surface area contributed by atoms with E-state index in [9.17, 15) is 0 Å². The zero-order valence-electron chi connectivity index (χ0n) is 16.5. The molecule has 3 nitrogen and oxygen atoms in total. The quantitative estimate of drug-likeness (QED) is 0.548. The summed E-state index contributed by atoms with van der Waals surface area (Å²) < 4.78 is 0. The third-order valence-electron chi connectivity index (χ3n) is 4.87. The molecule has 2 aromatic carbocycles. The maximum atomic E-state index is 3.77. The first-order valence-electron chi connectivity index (χ1n) is 9.88. The lowest BCUT2D eigenvalue weighted by Crippen LogP contribution is -2.48. The second-order valence-corrected chi connectivity index (χ2v) is 7.39. The summed E-state index contributed by atoms with van der Waals surface area (Å²) in [6, 6.07) is 22.4. The molecule has 26 heavy (non-hydrogen) atoms. The Hall–Kier alpha value is -1.68. The van der Waals surface area contributed by atoms with Crippen LogP contribution in [0, 0.1) is 5.92 Å². The Morgan fingerprint density at radius 2 is 1.38 bits per heavy atom. The van der Waals surface area contributed by atoms with E-state index in [1.54, 1.807) is 0 Å². The van der Waals surface area contributed by atoms with Gasteiger partial charge in [-0.3, -0.25) is 0 Å². The zero-order valence-corrected chi connectivity index (χ0v) is 16.5. The highest BCUT2D eigenvalue weighted by molar-refractivity contribution is 5.17. The summed E-state index contributed by atoms with van der Waals surface area (Å²) in [7, 11) is 2.02. The van der Waals surface area contributed by atoms with Crippen LogP contribution in [0.2, 0.25) is 0 Å². The first-order valence-corrected chi connectivity index (χ1v) is 9.88. The molecular formula is C23H35N3. The van der Waals surface area contributed by atoms with Crippen LogP contribution in [-0.2, 0) is 12.8 Å². The third-order valence-corrected chi connectivity index (χ3v) is 4.87. The van der Waals surface area contributed by atoms with Gasteiger partial charge in [-0.25, -0.2) is 0 Å². The summed E-state index contributed by atoms with van der Waals surface area (Å²) in [5.41, 5.74) is 2.78. The van der Waals surface area contributed by atoms with Crippen LogP contribution < -0.4 is 16.0 Å². The average molecular weight is 354 g/mol. The summed E-state index contributed by atoms with van der Waals surface area (Å²) in [6.07, 6.45) is 2.11. The molecule has 0 saturated heterocycles. The van der Waals surface area contributed by atoms with Gasteiger partial charge in [0.25, 0.3) is 0 Å². The Bertz CT molecular complexity index is 583. The standard InChI is InChI=1S/C23H35N3/c1-19(2)23(18-24-3)26-17-22(16-21-12-8-5-9-13-21)25-15-14-20-10-6-4-7-11-20/h4-13,19,22-26H,14-18H2,1-3H3/t22-,23+/m0/s1. The molecule has 142 valence electrons. The molecule has 0 radical (unpaired) electrons. The normalized spacial score (nSPS) is 13.7.